The second-order valence-electron chi connectivity index (χ2n) is 3.84. The molecule has 0 saturated heterocycles. The highest BCUT2D eigenvalue weighted by Crippen LogP contribution is 2.24. The second kappa shape index (κ2) is 3.58. The average Bonchev–Trinajstić information content (AvgIpc) is 2.42. The number of hydrogen-bond acceptors (Lipinski definition) is 2. The molecule has 0 aliphatic carbocycles. The molecule has 4 heteroatoms. The van der Waals surface area contributed by atoms with Gasteiger partial charge >= 0.3 is 0 Å². The Kier molecular flexibility index (Phi) is 2.52. The van der Waals surface area contributed by atoms with E-state index in [0.717, 1.165) is 5.56 Å². The second-order valence-corrected chi connectivity index (χ2v) is 4.66. The first-order valence-electron chi connectivity index (χ1n) is 4.57. The van der Waals surface area contributed by atoms with Crippen LogP contribution in [-0.4, -0.2) is 16.5 Å². The minimum absolute atomic E-state index is 0.482. The number of benzene rings is 1. The molecule has 15 heavy (non-hydrogen) atoms. The van der Waals surface area contributed by atoms with E-state index >= 15 is 0 Å². The van der Waals surface area contributed by atoms with Crippen molar-refractivity contribution in [3.63, 3.8) is 0 Å². The summed E-state index contributed by atoms with van der Waals surface area (Å²) >= 11 is 10.9. The molecule has 0 saturated carbocycles. The largest absolute Gasteiger partial charge is 0.464 e. The highest BCUT2D eigenvalue weighted by atomic mass is 35.5. The van der Waals surface area contributed by atoms with Crippen molar-refractivity contribution in [1.29, 1.82) is 0 Å². The molecule has 0 radical (unpaired) electrons. The van der Waals surface area contributed by atoms with Gasteiger partial charge in [0.15, 0.2) is 10.6 Å². The van der Waals surface area contributed by atoms with Crippen molar-refractivity contribution in [2.75, 3.05) is 0 Å². The molecule has 0 unspecified atom stereocenters. The van der Waals surface area contributed by atoms with Crippen molar-refractivity contribution in [1.82, 2.24) is 0 Å². The Hall–Kier alpha value is -0.930. The number of thiocarbonyl (C=S) groups is 1. The SMILES string of the molecule is CC1(C)OC(c2ccc(Cl)cc2)=NC1=S. The Balaban J connectivity index is 2.31. The van der Waals surface area contributed by atoms with Gasteiger partial charge in [-0.3, -0.25) is 0 Å². The van der Waals surface area contributed by atoms with Crippen molar-refractivity contribution in [2.45, 2.75) is 19.4 Å². The highest BCUT2D eigenvalue weighted by molar-refractivity contribution is 7.80. The molecule has 0 fully saturated rings. The molecular weight excluding hydrogens is 230 g/mol. The Morgan fingerprint density at radius 3 is 2.33 bits per heavy atom. The Labute approximate surface area is 98.9 Å². The van der Waals surface area contributed by atoms with Crippen LogP contribution in [0, 0.1) is 0 Å². The molecule has 78 valence electrons. The average molecular weight is 240 g/mol. The Morgan fingerprint density at radius 2 is 1.87 bits per heavy atom. The zero-order valence-corrected chi connectivity index (χ0v) is 10.0. The molecule has 0 amide bonds. The third kappa shape index (κ3) is 2.03. The molecule has 2 nitrogen and oxygen atoms in total. The monoisotopic (exact) mass is 239 g/mol. The van der Waals surface area contributed by atoms with Gasteiger partial charge in [0.1, 0.15) is 0 Å². The summed E-state index contributed by atoms with van der Waals surface area (Å²) in [5, 5.41) is 0.694. The van der Waals surface area contributed by atoms with Gasteiger partial charge in [-0.15, -0.1) is 0 Å². The molecule has 0 N–H and O–H groups in total. The van der Waals surface area contributed by atoms with Crippen molar-refractivity contribution in [2.24, 2.45) is 4.99 Å². The highest BCUT2D eigenvalue weighted by Gasteiger charge is 2.33. The van der Waals surface area contributed by atoms with E-state index < -0.39 is 5.60 Å². The standard InChI is InChI=1S/C11H10ClNOS/c1-11(2)10(15)13-9(14-11)7-3-5-8(12)6-4-7/h3-6H,1-2H3. The van der Waals surface area contributed by atoms with E-state index in [1.54, 1.807) is 12.1 Å². The van der Waals surface area contributed by atoms with Crippen LogP contribution in [0.1, 0.15) is 19.4 Å². The van der Waals surface area contributed by atoms with E-state index in [9.17, 15) is 0 Å². The van der Waals surface area contributed by atoms with Crippen LogP contribution in [0.4, 0.5) is 0 Å². The lowest BCUT2D eigenvalue weighted by atomic mass is 10.1. The summed E-state index contributed by atoms with van der Waals surface area (Å²) in [4.78, 5) is 4.80. The zero-order valence-electron chi connectivity index (χ0n) is 8.45. The third-order valence-electron chi connectivity index (χ3n) is 2.16. The molecule has 2 rings (SSSR count). The number of nitrogens with zero attached hydrogens (tertiary/aromatic N) is 1. The van der Waals surface area contributed by atoms with E-state index in [-0.39, 0.29) is 0 Å². The van der Waals surface area contributed by atoms with Gasteiger partial charge in [-0.25, -0.2) is 4.99 Å². The maximum atomic E-state index is 5.80. The predicted octanol–water partition coefficient (Wildman–Crippen LogP) is 3.22. The maximum absolute atomic E-state index is 5.80. The molecule has 0 spiro atoms. The summed E-state index contributed by atoms with van der Waals surface area (Å²) in [6.45, 7) is 3.81. The predicted molar refractivity (Wildman–Crippen MR) is 65.8 cm³/mol. The van der Waals surface area contributed by atoms with E-state index in [1.807, 2.05) is 26.0 Å². The lowest BCUT2D eigenvalue weighted by molar-refractivity contribution is 0.185. The molecule has 1 heterocycles. The smallest absolute Gasteiger partial charge is 0.222 e. The van der Waals surface area contributed by atoms with Crippen molar-refractivity contribution >= 4 is 34.7 Å². The topological polar surface area (TPSA) is 21.6 Å². The van der Waals surface area contributed by atoms with Gasteiger partial charge in [0.05, 0.1) is 0 Å². The fraction of sp³-hybridized carbons (Fsp3) is 0.273. The number of aliphatic imine (C=N–C) groups is 1. The van der Waals surface area contributed by atoms with Crippen molar-refractivity contribution in [3.8, 4) is 0 Å². The van der Waals surface area contributed by atoms with E-state index in [4.69, 9.17) is 28.6 Å². The maximum Gasteiger partial charge on any atom is 0.222 e. The van der Waals surface area contributed by atoms with Gasteiger partial charge in [-0.1, -0.05) is 23.8 Å². The number of halogens is 1. The Bertz CT molecular complexity index is 436. The number of hydrogen-bond donors (Lipinski definition) is 0. The van der Waals surface area contributed by atoms with Crippen LogP contribution in [0.2, 0.25) is 5.02 Å². The number of rotatable bonds is 1. The van der Waals surface area contributed by atoms with Gasteiger partial charge < -0.3 is 4.74 Å². The molecule has 1 aliphatic heterocycles. The lowest BCUT2D eigenvalue weighted by Gasteiger charge is -2.17. The minimum Gasteiger partial charge on any atom is -0.464 e. The molecule has 1 aliphatic rings. The quantitative estimate of drug-likeness (QED) is 0.702. The summed E-state index contributed by atoms with van der Waals surface area (Å²) < 4.78 is 5.65. The normalized spacial score (nSPS) is 18.6. The summed E-state index contributed by atoms with van der Waals surface area (Å²) in [5.41, 5.74) is 0.414. The molecule has 1 aromatic carbocycles. The van der Waals surface area contributed by atoms with Crippen molar-refractivity contribution < 1.29 is 4.74 Å². The van der Waals surface area contributed by atoms with Crippen LogP contribution >= 0.6 is 23.8 Å². The third-order valence-corrected chi connectivity index (χ3v) is 3.00. The molecule has 0 aromatic heterocycles. The molecular formula is C11H10ClNOS. The Morgan fingerprint density at radius 1 is 1.27 bits per heavy atom. The fourth-order valence-electron chi connectivity index (χ4n) is 1.25. The van der Waals surface area contributed by atoms with Gasteiger partial charge in [-0.05, 0) is 38.1 Å². The van der Waals surface area contributed by atoms with E-state index in [1.165, 1.54) is 0 Å². The van der Waals surface area contributed by atoms with Gasteiger partial charge in [-0.2, -0.15) is 0 Å². The zero-order chi connectivity index (χ0) is 11.1. The lowest BCUT2D eigenvalue weighted by Crippen LogP contribution is -2.27. The van der Waals surface area contributed by atoms with Gasteiger partial charge in [0.2, 0.25) is 5.90 Å². The van der Waals surface area contributed by atoms with Crippen LogP contribution in [0.15, 0.2) is 29.3 Å². The fourth-order valence-corrected chi connectivity index (χ4v) is 1.50. The summed E-state index contributed by atoms with van der Waals surface area (Å²) in [6, 6.07) is 7.34. The molecule has 1 aromatic rings. The first kappa shape index (κ1) is 10.6. The van der Waals surface area contributed by atoms with E-state index in [2.05, 4.69) is 4.99 Å². The summed E-state index contributed by atoms with van der Waals surface area (Å²) in [7, 11) is 0. The van der Waals surface area contributed by atoms with Gasteiger partial charge in [0.25, 0.3) is 0 Å². The van der Waals surface area contributed by atoms with Crippen LogP contribution in [0.3, 0.4) is 0 Å². The number of ether oxygens (including phenoxy) is 1. The molecule has 0 bridgehead atoms. The van der Waals surface area contributed by atoms with Crippen LogP contribution in [0.25, 0.3) is 0 Å². The summed E-state index contributed by atoms with van der Waals surface area (Å²) in [6.07, 6.45) is 0. The minimum atomic E-state index is -0.482. The van der Waals surface area contributed by atoms with Crippen LogP contribution in [-0.2, 0) is 4.74 Å². The van der Waals surface area contributed by atoms with Crippen LogP contribution in [0.5, 0.6) is 0 Å². The van der Waals surface area contributed by atoms with Gasteiger partial charge in [0, 0.05) is 10.6 Å². The van der Waals surface area contributed by atoms with Crippen LogP contribution < -0.4 is 0 Å². The van der Waals surface area contributed by atoms with Crippen molar-refractivity contribution in [3.05, 3.63) is 34.9 Å². The first-order valence-corrected chi connectivity index (χ1v) is 5.36. The van der Waals surface area contributed by atoms with E-state index in [0.29, 0.717) is 15.9 Å². The first-order chi connectivity index (χ1) is 6.99. The summed E-state index contributed by atoms with van der Waals surface area (Å²) in [5.74, 6) is 0.571. The molecule has 0 atom stereocenters.